The third kappa shape index (κ3) is 2.81. The van der Waals surface area contributed by atoms with Crippen molar-refractivity contribution in [1.82, 2.24) is 9.97 Å². The van der Waals surface area contributed by atoms with E-state index >= 15 is 0 Å². The summed E-state index contributed by atoms with van der Waals surface area (Å²) >= 11 is 5.71. The Labute approximate surface area is 108 Å². The third-order valence-electron chi connectivity index (χ3n) is 2.25. The van der Waals surface area contributed by atoms with Gasteiger partial charge in [0.15, 0.2) is 0 Å². The van der Waals surface area contributed by atoms with Gasteiger partial charge in [0.05, 0.1) is 11.4 Å². The van der Waals surface area contributed by atoms with Crippen LogP contribution in [0.4, 0.5) is 10.1 Å². The number of amides is 1. The molecule has 0 radical (unpaired) electrons. The lowest BCUT2D eigenvalue weighted by Crippen LogP contribution is -2.15. The smallest absolute Gasteiger partial charge is 0.274 e. The molecule has 4 nitrogen and oxygen atoms in total. The molecule has 18 heavy (non-hydrogen) atoms. The van der Waals surface area contributed by atoms with E-state index in [1.165, 1.54) is 18.2 Å². The van der Waals surface area contributed by atoms with Gasteiger partial charge in [-0.2, -0.15) is 4.39 Å². The second kappa shape index (κ2) is 5.10. The number of rotatable bonds is 2. The summed E-state index contributed by atoms with van der Waals surface area (Å²) in [7, 11) is 0. The first-order chi connectivity index (χ1) is 8.56. The summed E-state index contributed by atoms with van der Waals surface area (Å²) < 4.78 is 12.9. The van der Waals surface area contributed by atoms with Crippen molar-refractivity contribution in [2.45, 2.75) is 6.92 Å². The van der Waals surface area contributed by atoms with Crippen LogP contribution in [0.2, 0.25) is 5.15 Å². The summed E-state index contributed by atoms with van der Waals surface area (Å²) in [6, 6.07) is 7.21. The number of carbonyl (C=O) groups is 1. The Bertz CT molecular complexity index is 604. The van der Waals surface area contributed by atoms with Gasteiger partial charge < -0.3 is 5.32 Å². The van der Waals surface area contributed by atoms with Crippen LogP contribution in [0.1, 0.15) is 16.2 Å². The van der Waals surface area contributed by atoms with E-state index < -0.39 is 11.9 Å². The van der Waals surface area contributed by atoms with Gasteiger partial charge in [-0.1, -0.05) is 17.7 Å². The lowest BCUT2D eigenvalue weighted by molar-refractivity contribution is 0.102. The predicted molar refractivity (Wildman–Crippen MR) is 66.1 cm³/mol. The maximum absolute atomic E-state index is 12.9. The second-order valence-corrected chi connectivity index (χ2v) is 3.95. The number of hydrogen-bond acceptors (Lipinski definition) is 3. The molecule has 0 unspecified atom stereocenters. The molecule has 0 fully saturated rings. The van der Waals surface area contributed by atoms with Crippen LogP contribution in [-0.4, -0.2) is 15.9 Å². The van der Waals surface area contributed by atoms with Gasteiger partial charge in [0.25, 0.3) is 5.91 Å². The Morgan fingerprint density at radius 2 is 2.06 bits per heavy atom. The van der Waals surface area contributed by atoms with Crippen LogP contribution in [0.3, 0.4) is 0 Å². The van der Waals surface area contributed by atoms with Gasteiger partial charge in [-0.05, 0) is 31.2 Å². The molecule has 0 saturated carbocycles. The molecule has 2 heterocycles. The predicted octanol–water partition coefficient (Wildman–Crippen LogP) is 2.83. The summed E-state index contributed by atoms with van der Waals surface area (Å²) in [5.41, 5.74) is 1.09. The minimum Gasteiger partial charge on any atom is -0.319 e. The van der Waals surface area contributed by atoms with Crippen LogP contribution in [0.25, 0.3) is 0 Å². The lowest BCUT2D eigenvalue weighted by Gasteiger charge is -2.07. The van der Waals surface area contributed by atoms with E-state index in [1.807, 2.05) is 0 Å². The molecule has 2 rings (SSSR count). The number of hydrogen-bond donors (Lipinski definition) is 1. The topological polar surface area (TPSA) is 54.9 Å². The Morgan fingerprint density at radius 1 is 1.28 bits per heavy atom. The number of anilines is 1. The van der Waals surface area contributed by atoms with Crippen LogP contribution >= 0.6 is 11.6 Å². The molecular weight excluding hydrogens is 257 g/mol. The third-order valence-corrected chi connectivity index (χ3v) is 2.46. The highest BCUT2D eigenvalue weighted by Crippen LogP contribution is 2.16. The number of aromatic nitrogens is 2. The van der Waals surface area contributed by atoms with Gasteiger partial charge in [-0.25, -0.2) is 9.97 Å². The van der Waals surface area contributed by atoms with Gasteiger partial charge in [0, 0.05) is 0 Å². The molecule has 0 bridgehead atoms. The number of pyridine rings is 2. The maximum atomic E-state index is 12.9. The second-order valence-electron chi connectivity index (χ2n) is 3.57. The van der Waals surface area contributed by atoms with Gasteiger partial charge in [-0.15, -0.1) is 0 Å². The molecule has 0 aliphatic rings. The largest absolute Gasteiger partial charge is 0.319 e. The average Bonchev–Trinajstić information content (AvgIpc) is 2.32. The maximum Gasteiger partial charge on any atom is 0.274 e. The first-order valence-electron chi connectivity index (χ1n) is 5.13. The Balaban J connectivity index is 2.21. The molecule has 0 atom stereocenters. The van der Waals surface area contributed by atoms with E-state index in [1.54, 1.807) is 19.1 Å². The highest BCUT2D eigenvalue weighted by Gasteiger charge is 2.10. The highest BCUT2D eigenvalue weighted by atomic mass is 35.5. The van der Waals surface area contributed by atoms with Crippen LogP contribution in [0.5, 0.6) is 0 Å². The number of carbonyl (C=O) groups excluding carboxylic acids is 1. The zero-order valence-electron chi connectivity index (χ0n) is 9.45. The molecule has 92 valence electrons. The average molecular weight is 266 g/mol. The fraction of sp³-hybridized carbons (Fsp3) is 0.0833. The van der Waals surface area contributed by atoms with Crippen LogP contribution in [0.15, 0.2) is 30.3 Å². The number of halogens is 2. The summed E-state index contributed by atoms with van der Waals surface area (Å²) in [6.07, 6.45) is 0. The quantitative estimate of drug-likeness (QED) is 0.850. The Morgan fingerprint density at radius 3 is 2.72 bits per heavy atom. The molecule has 0 saturated heterocycles. The Hall–Kier alpha value is -2.01. The SMILES string of the molecule is Cc1nc(Cl)ccc1NC(=O)c1cccc(F)n1. The van der Waals surface area contributed by atoms with Crippen molar-refractivity contribution in [3.8, 4) is 0 Å². The molecule has 2 aromatic rings. The van der Waals surface area contributed by atoms with E-state index in [4.69, 9.17) is 11.6 Å². The standard InChI is InChI=1S/C12H9ClFN3O/c1-7-8(5-6-10(13)15-7)17-12(18)9-3-2-4-11(14)16-9/h2-6H,1H3,(H,17,18). The monoisotopic (exact) mass is 265 g/mol. The van der Waals surface area contributed by atoms with E-state index in [-0.39, 0.29) is 5.69 Å². The Kier molecular flexibility index (Phi) is 3.53. The van der Waals surface area contributed by atoms with E-state index in [0.717, 1.165) is 0 Å². The van der Waals surface area contributed by atoms with Gasteiger partial charge in [0.1, 0.15) is 10.8 Å². The molecule has 2 aromatic heterocycles. The van der Waals surface area contributed by atoms with Crippen LogP contribution in [-0.2, 0) is 0 Å². The summed E-state index contributed by atoms with van der Waals surface area (Å²) in [4.78, 5) is 19.3. The fourth-order valence-corrected chi connectivity index (χ4v) is 1.57. The molecule has 1 amide bonds. The van der Waals surface area contributed by atoms with Gasteiger partial charge in [-0.3, -0.25) is 4.79 Å². The molecule has 0 aliphatic carbocycles. The lowest BCUT2D eigenvalue weighted by atomic mass is 10.3. The first kappa shape index (κ1) is 12.4. The molecule has 0 aliphatic heterocycles. The molecular formula is C12H9ClFN3O. The van der Waals surface area contributed by atoms with Crippen LogP contribution < -0.4 is 5.32 Å². The number of nitrogens with one attached hydrogen (secondary N) is 1. The zero-order valence-corrected chi connectivity index (χ0v) is 10.2. The van der Waals surface area contributed by atoms with Gasteiger partial charge >= 0.3 is 0 Å². The first-order valence-corrected chi connectivity index (χ1v) is 5.51. The minimum atomic E-state index is -0.700. The normalized spacial score (nSPS) is 10.2. The molecule has 0 aromatic carbocycles. The van der Waals surface area contributed by atoms with Crippen molar-refractivity contribution in [3.63, 3.8) is 0 Å². The van der Waals surface area contributed by atoms with Crippen molar-refractivity contribution in [2.75, 3.05) is 5.32 Å². The molecule has 0 spiro atoms. The van der Waals surface area contributed by atoms with Crippen LogP contribution in [0, 0.1) is 12.9 Å². The van der Waals surface area contributed by atoms with E-state index in [0.29, 0.717) is 16.5 Å². The summed E-state index contributed by atoms with van der Waals surface area (Å²) in [5, 5.41) is 2.93. The number of aryl methyl sites for hydroxylation is 1. The van der Waals surface area contributed by atoms with Crippen molar-refractivity contribution >= 4 is 23.2 Å². The minimum absolute atomic E-state index is 0.00403. The fourth-order valence-electron chi connectivity index (χ4n) is 1.38. The zero-order chi connectivity index (χ0) is 13.1. The summed E-state index contributed by atoms with van der Waals surface area (Å²) in [6.45, 7) is 1.71. The van der Waals surface area contributed by atoms with E-state index in [9.17, 15) is 9.18 Å². The molecule has 1 N–H and O–H groups in total. The van der Waals surface area contributed by atoms with Crippen molar-refractivity contribution in [1.29, 1.82) is 0 Å². The highest BCUT2D eigenvalue weighted by molar-refractivity contribution is 6.29. The van der Waals surface area contributed by atoms with Gasteiger partial charge in [0.2, 0.25) is 5.95 Å². The van der Waals surface area contributed by atoms with E-state index in [2.05, 4.69) is 15.3 Å². The summed E-state index contributed by atoms with van der Waals surface area (Å²) in [5.74, 6) is -1.20. The number of nitrogens with zero attached hydrogens (tertiary/aromatic N) is 2. The van der Waals surface area contributed by atoms with Crippen molar-refractivity contribution in [3.05, 3.63) is 52.8 Å². The van der Waals surface area contributed by atoms with Crippen molar-refractivity contribution in [2.24, 2.45) is 0 Å². The molecule has 6 heteroatoms. The van der Waals surface area contributed by atoms with Crippen molar-refractivity contribution < 1.29 is 9.18 Å².